The van der Waals surface area contributed by atoms with E-state index in [1.807, 2.05) is 17.9 Å². The molecule has 0 amide bonds. The Labute approximate surface area is 125 Å². The minimum absolute atomic E-state index is 0.0641. The number of nitrogens with zero attached hydrogens (tertiary/aromatic N) is 4. The Bertz CT molecular complexity index is 548. The van der Waals surface area contributed by atoms with Crippen LogP contribution in [-0.2, 0) is 6.54 Å². The maximum atomic E-state index is 4.38. The van der Waals surface area contributed by atoms with Crippen molar-refractivity contribution in [2.24, 2.45) is 0 Å². The topological polar surface area (TPSA) is 55.6 Å². The van der Waals surface area contributed by atoms with Gasteiger partial charge in [-0.1, -0.05) is 18.3 Å². The third kappa shape index (κ3) is 2.73. The van der Waals surface area contributed by atoms with Gasteiger partial charge in [0.05, 0.1) is 33.0 Å². The van der Waals surface area contributed by atoms with Crippen molar-refractivity contribution >= 4 is 27.5 Å². The largest absolute Gasteiger partial charge is 0.307 e. The summed E-state index contributed by atoms with van der Waals surface area (Å²) in [4.78, 5) is 1.16. The first-order valence-corrected chi connectivity index (χ1v) is 7.87. The molecule has 1 atom stereocenters. The predicted octanol–water partition coefficient (Wildman–Crippen LogP) is 2.95. The van der Waals surface area contributed by atoms with Crippen molar-refractivity contribution in [3.63, 3.8) is 0 Å². The molecule has 1 N–H and O–H groups in total. The molecule has 2 heterocycles. The molecule has 0 spiro atoms. The Morgan fingerprint density at radius 3 is 2.79 bits per heavy atom. The van der Waals surface area contributed by atoms with Crippen LogP contribution in [0, 0.1) is 0 Å². The second-order valence-corrected chi connectivity index (χ2v) is 6.23. The monoisotopic (exact) mass is 343 g/mol. The van der Waals surface area contributed by atoms with Gasteiger partial charge in [-0.15, -0.1) is 5.10 Å². The van der Waals surface area contributed by atoms with E-state index in [1.165, 1.54) is 11.5 Å². The molecule has 2 rings (SSSR count). The van der Waals surface area contributed by atoms with Gasteiger partial charge in [-0.05, 0) is 47.4 Å². The van der Waals surface area contributed by atoms with Crippen LogP contribution in [0.5, 0.6) is 0 Å². The lowest BCUT2D eigenvalue weighted by Gasteiger charge is -2.18. The highest BCUT2D eigenvalue weighted by molar-refractivity contribution is 9.10. The first-order chi connectivity index (χ1) is 9.10. The molecule has 0 aromatic carbocycles. The summed E-state index contributed by atoms with van der Waals surface area (Å²) < 4.78 is 7.12. The fourth-order valence-electron chi connectivity index (χ4n) is 2.11. The third-order valence-electron chi connectivity index (χ3n) is 3.04. The molecule has 0 aliphatic rings. The van der Waals surface area contributed by atoms with Crippen molar-refractivity contribution in [2.45, 2.75) is 39.3 Å². The SMILES string of the molecule is CCn1ncc(Br)c1C(NC)c1snnc1C(C)C. The highest BCUT2D eigenvalue weighted by atomic mass is 79.9. The Balaban J connectivity index is 2.50. The summed E-state index contributed by atoms with van der Waals surface area (Å²) >= 11 is 5.04. The lowest BCUT2D eigenvalue weighted by Crippen LogP contribution is -2.22. The van der Waals surface area contributed by atoms with Crippen LogP contribution >= 0.6 is 27.5 Å². The summed E-state index contributed by atoms with van der Waals surface area (Å²) in [5, 5.41) is 12.0. The molecular formula is C12H18BrN5S. The van der Waals surface area contributed by atoms with Gasteiger partial charge in [0, 0.05) is 6.54 Å². The van der Waals surface area contributed by atoms with Crippen LogP contribution in [0.25, 0.3) is 0 Å². The van der Waals surface area contributed by atoms with Gasteiger partial charge in [-0.3, -0.25) is 4.68 Å². The van der Waals surface area contributed by atoms with Gasteiger partial charge in [-0.25, -0.2) is 0 Å². The summed E-state index contributed by atoms with van der Waals surface area (Å²) in [7, 11) is 1.95. The van der Waals surface area contributed by atoms with Crippen LogP contribution < -0.4 is 5.32 Å². The van der Waals surface area contributed by atoms with Gasteiger partial charge < -0.3 is 5.32 Å². The fraction of sp³-hybridized carbons (Fsp3) is 0.583. The first-order valence-electron chi connectivity index (χ1n) is 6.30. The summed E-state index contributed by atoms with van der Waals surface area (Å²) in [6, 6.07) is 0.0641. The van der Waals surface area contributed by atoms with Crippen LogP contribution in [0.1, 0.15) is 49.0 Å². The molecule has 104 valence electrons. The summed E-state index contributed by atoms with van der Waals surface area (Å²) in [6.07, 6.45) is 1.84. The molecule has 7 heteroatoms. The molecule has 0 fully saturated rings. The number of hydrogen-bond acceptors (Lipinski definition) is 5. The number of hydrogen-bond donors (Lipinski definition) is 1. The van der Waals surface area contributed by atoms with Crippen molar-refractivity contribution in [2.75, 3.05) is 7.05 Å². The van der Waals surface area contributed by atoms with E-state index in [0.29, 0.717) is 5.92 Å². The summed E-state index contributed by atoms with van der Waals surface area (Å²) in [5.41, 5.74) is 2.18. The standard InChI is InChI=1S/C12H18BrN5S/c1-5-18-11(8(13)6-15-18)10(14-4)12-9(7(2)3)16-17-19-12/h6-7,10,14H,5H2,1-4H3. The molecule has 5 nitrogen and oxygen atoms in total. The van der Waals surface area contributed by atoms with E-state index >= 15 is 0 Å². The zero-order valence-electron chi connectivity index (χ0n) is 11.5. The molecule has 2 aromatic rings. The maximum absolute atomic E-state index is 4.38. The van der Waals surface area contributed by atoms with E-state index in [1.54, 1.807) is 0 Å². The van der Waals surface area contributed by atoms with Crippen LogP contribution in [0.15, 0.2) is 10.7 Å². The van der Waals surface area contributed by atoms with Gasteiger partial charge in [0.2, 0.25) is 0 Å². The summed E-state index contributed by atoms with van der Waals surface area (Å²) in [6.45, 7) is 7.20. The molecule has 0 bridgehead atoms. The average Bonchev–Trinajstić information content (AvgIpc) is 2.99. The van der Waals surface area contributed by atoms with Gasteiger partial charge in [0.1, 0.15) is 0 Å². The van der Waals surface area contributed by atoms with E-state index in [-0.39, 0.29) is 6.04 Å². The van der Waals surface area contributed by atoms with Crippen molar-refractivity contribution < 1.29 is 0 Å². The van der Waals surface area contributed by atoms with E-state index in [2.05, 4.69) is 56.7 Å². The Hall–Kier alpha value is -0.790. The smallest absolute Gasteiger partial charge is 0.0886 e. The lowest BCUT2D eigenvalue weighted by molar-refractivity contribution is 0.561. The van der Waals surface area contributed by atoms with Crippen molar-refractivity contribution in [3.8, 4) is 0 Å². The highest BCUT2D eigenvalue weighted by Crippen LogP contribution is 2.33. The van der Waals surface area contributed by atoms with Crippen molar-refractivity contribution in [1.82, 2.24) is 24.7 Å². The third-order valence-corrected chi connectivity index (χ3v) is 4.46. The second-order valence-electron chi connectivity index (χ2n) is 4.59. The molecule has 0 radical (unpaired) electrons. The molecule has 0 aliphatic carbocycles. The van der Waals surface area contributed by atoms with E-state index < -0.39 is 0 Å². The zero-order valence-corrected chi connectivity index (χ0v) is 13.9. The molecular weight excluding hydrogens is 326 g/mol. The van der Waals surface area contributed by atoms with Gasteiger partial charge in [0.15, 0.2) is 0 Å². The van der Waals surface area contributed by atoms with Gasteiger partial charge >= 0.3 is 0 Å². The second kappa shape index (κ2) is 6.11. The number of halogens is 1. The minimum atomic E-state index is 0.0641. The molecule has 0 saturated heterocycles. The zero-order chi connectivity index (χ0) is 14.0. The highest BCUT2D eigenvalue weighted by Gasteiger charge is 2.26. The van der Waals surface area contributed by atoms with E-state index in [9.17, 15) is 0 Å². The van der Waals surface area contributed by atoms with Crippen molar-refractivity contribution in [3.05, 3.63) is 26.9 Å². The molecule has 19 heavy (non-hydrogen) atoms. The molecule has 2 aromatic heterocycles. The molecule has 1 unspecified atom stereocenters. The van der Waals surface area contributed by atoms with Crippen LogP contribution in [-0.4, -0.2) is 26.4 Å². The van der Waals surface area contributed by atoms with Crippen LogP contribution in [0.3, 0.4) is 0 Å². The van der Waals surface area contributed by atoms with Gasteiger partial charge in [-0.2, -0.15) is 5.10 Å². The lowest BCUT2D eigenvalue weighted by atomic mass is 10.0. The van der Waals surface area contributed by atoms with Gasteiger partial charge in [0.25, 0.3) is 0 Å². The molecule has 0 aliphatic heterocycles. The summed E-state index contributed by atoms with van der Waals surface area (Å²) in [5.74, 6) is 0.362. The number of nitrogens with one attached hydrogen (secondary N) is 1. The van der Waals surface area contributed by atoms with Crippen molar-refractivity contribution in [1.29, 1.82) is 0 Å². The minimum Gasteiger partial charge on any atom is -0.307 e. The van der Waals surface area contributed by atoms with Crippen LogP contribution in [0.4, 0.5) is 0 Å². The number of rotatable bonds is 5. The fourth-order valence-corrected chi connectivity index (χ4v) is 3.55. The maximum Gasteiger partial charge on any atom is 0.0886 e. The quantitative estimate of drug-likeness (QED) is 0.906. The Morgan fingerprint density at radius 1 is 1.47 bits per heavy atom. The normalized spacial score (nSPS) is 13.2. The first kappa shape index (κ1) is 14.6. The molecule has 0 saturated carbocycles. The van der Waals surface area contributed by atoms with E-state index in [0.717, 1.165) is 27.3 Å². The Kier molecular flexibility index (Phi) is 4.70. The number of aryl methyl sites for hydroxylation is 1. The Morgan fingerprint density at radius 2 is 2.21 bits per heavy atom. The predicted molar refractivity (Wildman–Crippen MR) is 80.5 cm³/mol. The average molecular weight is 344 g/mol. The van der Waals surface area contributed by atoms with E-state index in [4.69, 9.17) is 0 Å². The number of aromatic nitrogens is 4. The van der Waals surface area contributed by atoms with Crippen LogP contribution in [0.2, 0.25) is 0 Å².